The van der Waals surface area contributed by atoms with Gasteiger partial charge >= 0.3 is 0 Å². The number of hydrogen-bond donors (Lipinski definition) is 0. The van der Waals surface area contributed by atoms with Crippen LogP contribution in [0.1, 0.15) is 24.3 Å². The summed E-state index contributed by atoms with van der Waals surface area (Å²) in [4.78, 5) is 1.30. The van der Waals surface area contributed by atoms with Crippen LogP contribution in [0.25, 0.3) is 0 Å². The standard InChI is InChI=1S/C14H17ClN2S/c1-2-14(15)12-10-16-17(11-12)8-9-18-13-6-4-3-5-7-13/h3-7,10-11,14H,2,8-9H2,1H3. The van der Waals surface area contributed by atoms with Crippen LogP contribution in [-0.4, -0.2) is 15.5 Å². The van der Waals surface area contributed by atoms with Crippen molar-refractivity contribution in [2.75, 3.05) is 5.75 Å². The minimum atomic E-state index is 0.0838. The molecule has 1 unspecified atom stereocenters. The summed E-state index contributed by atoms with van der Waals surface area (Å²) in [6.07, 6.45) is 4.85. The highest BCUT2D eigenvalue weighted by atomic mass is 35.5. The van der Waals surface area contributed by atoms with Gasteiger partial charge in [0, 0.05) is 22.4 Å². The first-order valence-corrected chi connectivity index (χ1v) is 7.56. The zero-order valence-electron chi connectivity index (χ0n) is 10.4. The van der Waals surface area contributed by atoms with Crippen LogP contribution in [0.3, 0.4) is 0 Å². The van der Waals surface area contributed by atoms with E-state index in [-0.39, 0.29) is 5.38 Å². The summed E-state index contributed by atoms with van der Waals surface area (Å²) in [5, 5.41) is 4.42. The van der Waals surface area contributed by atoms with Crippen molar-refractivity contribution in [2.24, 2.45) is 0 Å². The van der Waals surface area contributed by atoms with Gasteiger partial charge in [0.25, 0.3) is 0 Å². The first-order chi connectivity index (χ1) is 8.79. The number of benzene rings is 1. The van der Waals surface area contributed by atoms with E-state index in [0.29, 0.717) is 0 Å². The van der Waals surface area contributed by atoms with Gasteiger partial charge in [-0.05, 0) is 18.6 Å². The summed E-state index contributed by atoms with van der Waals surface area (Å²) in [5.74, 6) is 1.02. The van der Waals surface area contributed by atoms with Crippen LogP contribution in [0.15, 0.2) is 47.6 Å². The lowest BCUT2D eigenvalue weighted by atomic mass is 10.2. The Morgan fingerprint density at radius 3 is 2.83 bits per heavy atom. The SMILES string of the molecule is CCC(Cl)c1cnn(CCSc2ccccc2)c1. The number of aromatic nitrogens is 2. The molecule has 0 fully saturated rings. The molecule has 0 aliphatic rings. The predicted octanol–water partition coefficient (Wildman–Crippen LogP) is 4.37. The number of hydrogen-bond acceptors (Lipinski definition) is 2. The Morgan fingerprint density at radius 1 is 1.33 bits per heavy atom. The summed E-state index contributed by atoms with van der Waals surface area (Å²) in [5.41, 5.74) is 1.11. The van der Waals surface area contributed by atoms with Crippen molar-refractivity contribution in [3.05, 3.63) is 48.3 Å². The number of rotatable bonds is 6. The van der Waals surface area contributed by atoms with Crippen LogP contribution in [0.5, 0.6) is 0 Å². The molecule has 2 aromatic rings. The molecule has 96 valence electrons. The monoisotopic (exact) mass is 280 g/mol. The Hall–Kier alpha value is -0.930. The third-order valence-electron chi connectivity index (χ3n) is 2.71. The first kappa shape index (κ1) is 13.5. The van der Waals surface area contributed by atoms with Crippen molar-refractivity contribution >= 4 is 23.4 Å². The molecule has 1 heterocycles. The van der Waals surface area contributed by atoms with Crippen molar-refractivity contribution in [3.63, 3.8) is 0 Å². The van der Waals surface area contributed by atoms with Crippen molar-refractivity contribution < 1.29 is 0 Å². The van der Waals surface area contributed by atoms with E-state index in [1.807, 2.05) is 34.9 Å². The van der Waals surface area contributed by atoms with Crippen molar-refractivity contribution in [2.45, 2.75) is 30.2 Å². The van der Waals surface area contributed by atoms with Gasteiger partial charge in [-0.1, -0.05) is 25.1 Å². The van der Waals surface area contributed by atoms with Gasteiger partial charge in [-0.2, -0.15) is 5.10 Å². The Kier molecular flexibility index (Phi) is 5.14. The van der Waals surface area contributed by atoms with Gasteiger partial charge in [-0.15, -0.1) is 23.4 Å². The van der Waals surface area contributed by atoms with E-state index in [9.17, 15) is 0 Å². The highest BCUT2D eigenvalue weighted by Gasteiger charge is 2.07. The van der Waals surface area contributed by atoms with Crippen molar-refractivity contribution in [1.29, 1.82) is 0 Å². The van der Waals surface area contributed by atoms with Gasteiger partial charge in [0.2, 0.25) is 0 Å². The average Bonchev–Trinajstić information content (AvgIpc) is 2.88. The molecule has 0 saturated heterocycles. The molecule has 0 bridgehead atoms. The molecular formula is C14H17ClN2S. The fraction of sp³-hybridized carbons (Fsp3) is 0.357. The van der Waals surface area contributed by atoms with Crippen molar-refractivity contribution in [1.82, 2.24) is 9.78 Å². The summed E-state index contributed by atoms with van der Waals surface area (Å²) in [6.45, 7) is 2.99. The van der Waals surface area contributed by atoms with Gasteiger partial charge in [0.1, 0.15) is 0 Å². The highest BCUT2D eigenvalue weighted by Crippen LogP contribution is 2.23. The summed E-state index contributed by atoms with van der Waals surface area (Å²) in [7, 11) is 0. The van der Waals surface area contributed by atoms with Crippen molar-refractivity contribution in [3.8, 4) is 0 Å². The third-order valence-corrected chi connectivity index (χ3v) is 4.26. The van der Waals surface area contributed by atoms with E-state index in [2.05, 4.69) is 36.3 Å². The lowest BCUT2D eigenvalue weighted by molar-refractivity contribution is 0.665. The second kappa shape index (κ2) is 6.86. The van der Waals surface area contributed by atoms with Gasteiger partial charge in [0.15, 0.2) is 0 Å². The molecule has 0 amide bonds. The summed E-state index contributed by atoms with van der Waals surface area (Å²) >= 11 is 8.02. The summed E-state index contributed by atoms with van der Waals surface area (Å²) in [6, 6.07) is 10.4. The molecule has 0 aliphatic heterocycles. The third kappa shape index (κ3) is 3.79. The molecule has 4 heteroatoms. The number of alkyl halides is 1. The highest BCUT2D eigenvalue weighted by molar-refractivity contribution is 7.99. The van der Waals surface area contributed by atoms with Crippen LogP contribution in [-0.2, 0) is 6.54 Å². The quantitative estimate of drug-likeness (QED) is 0.578. The largest absolute Gasteiger partial charge is 0.272 e. The molecule has 1 aromatic heterocycles. The van der Waals surface area contributed by atoms with E-state index in [1.165, 1.54) is 4.90 Å². The topological polar surface area (TPSA) is 17.8 Å². The zero-order valence-corrected chi connectivity index (χ0v) is 12.0. The second-order valence-electron chi connectivity index (χ2n) is 4.07. The number of nitrogens with zero attached hydrogens (tertiary/aromatic N) is 2. The van der Waals surface area contributed by atoms with Crippen LogP contribution in [0.4, 0.5) is 0 Å². The minimum Gasteiger partial charge on any atom is -0.272 e. The van der Waals surface area contributed by atoms with Gasteiger partial charge in [0.05, 0.1) is 18.1 Å². The molecule has 18 heavy (non-hydrogen) atoms. The van der Waals surface area contributed by atoms with E-state index >= 15 is 0 Å². The fourth-order valence-electron chi connectivity index (χ4n) is 1.67. The molecular weight excluding hydrogens is 264 g/mol. The second-order valence-corrected chi connectivity index (χ2v) is 5.77. The molecule has 0 aliphatic carbocycles. The van der Waals surface area contributed by atoms with Gasteiger partial charge < -0.3 is 0 Å². The lowest BCUT2D eigenvalue weighted by Crippen LogP contribution is -2.00. The maximum Gasteiger partial charge on any atom is 0.0613 e. The molecule has 1 atom stereocenters. The maximum atomic E-state index is 6.18. The van der Waals surface area contributed by atoms with Gasteiger partial charge in [-0.25, -0.2) is 0 Å². The Balaban J connectivity index is 1.82. The van der Waals surface area contributed by atoms with Crippen LogP contribution in [0.2, 0.25) is 0 Å². The number of halogens is 1. The first-order valence-electron chi connectivity index (χ1n) is 6.14. The van der Waals surface area contributed by atoms with Crippen LogP contribution >= 0.6 is 23.4 Å². The average molecular weight is 281 g/mol. The molecule has 1 aromatic carbocycles. The molecule has 0 N–H and O–H groups in total. The van der Waals surface area contributed by atoms with Crippen LogP contribution < -0.4 is 0 Å². The van der Waals surface area contributed by atoms with E-state index in [1.54, 1.807) is 0 Å². The van der Waals surface area contributed by atoms with E-state index < -0.39 is 0 Å². The minimum absolute atomic E-state index is 0.0838. The molecule has 0 spiro atoms. The normalized spacial score (nSPS) is 12.6. The Morgan fingerprint density at radius 2 is 2.11 bits per heavy atom. The maximum absolute atomic E-state index is 6.18. The van der Waals surface area contributed by atoms with E-state index in [0.717, 1.165) is 24.3 Å². The molecule has 0 radical (unpaired) electrons. The number of aryl methyl sites for hydroxylation is 1. The van der Waals surface area contributed by atoms with Gasteiger partial charge in [-0.3, -0.25) is 4.68 Å². The van der Waals surface area contributed by atoms with Crippen LogP contribution in [0, 0.1) is 0 Å². The Labute approximate surface area is 117 Å². The molecule has 0 saturated carbocycles. The zero-order chi connectivity index (χ0) is 12.8. The Bertz CT molecular complexity index is 470. The molecule has 2 nitrogen and oxygen atoms in total. The number of thioether (sulfide) groups is 1. The van der Waals surface area contributed by atoms with E-state index in [4.69, 9.17) is 11.6 Å². The fourth-order valence-corrected chi connectivity index (χ4v) is 2.65. The predicted molar refractivity (Wildman–Crippen MR) is 78.3 cm³/mol. The summed E-state index contributed by atoms with van der Waals surface area (Å²) < 4.78 is 1.97. The smallest absolute Gasteiger partial charge is 0.0613 e. The molecule has 2 rings (SSSR count). The lowest BCUT2D eigenvalue weighted by Gasteiger charge is -2.03.